The molecule has 0 spiro atoms. The van der Waals surface area contributed by atoms with Gasteiger partial charge in [0.1, 0.15) is 0 Å². The predicted molar refractivity (Wildman–Crippen MR) is 85.5 cm³/mol. The van der Waals surface area contributed by atoms with Crippen LogP contribution in [-0.4, -0.2) is 25.3 Å². The maximum atomic E-state index is 6.39. The molecule has 0 saturated carbocycles. The van der Waals surface area contributed by atoms with E-state index in [1.165, 1.54) is 11.1 Å². The van der Waals surface area contributed by atoms with E-state index in [2.05, 4.69) is 44.3 Å². The maximum absolute atomic E-state index is 6.39. The quantitative estimate of drug-likeness (QED) is 0.857. The summed E-state index contributed by atoms with van der Waals surface area (Å²) < 4.78 is 5.74. The molecule has 1 heterocycles. The van der Waals surface area contributed by atoms with Crippen LogP contribution in [0.15, 0.2) is 18.2 Å². The van der Waals surface area contributed by atoms with E-state index in [-0.39, 0.29) is 0 Å². The summed E-state index contributed by atoms with van der Waals surface area (Å²) in [4.78, 5) is 0. The van der Waals surface area contributed by atoms with Crippen molar-refractivity contribution in [1.29, 1.82) is 0 Å². The zero-order valence-corrected chi connectivity index (χ0v) is 13.5. The Kier molecular flexibility index (Phi) is 5.88. The van der Waals surface area contributed by atoms with Crippen LogP contribution in [0, 0.1) is 12.8 Å². The molecule has 0 aliphatic carbocycles. The first kappa shape index (κ1) is 15.8. The van der Waals surface area contributed by atoms with E-state index in [0.29, 0.717) is 18.1 Å². The van der Waals surface area contributed by atoms with Gasteiger partial charge in [0, 0.05) is 23.6 Å². The van der Waals surface area contributed by atoms with Crippen LogP contribution < -0.4 is 5.32 Å². The second-order valence-corrected chi connectivity index (χ2v) is 6.30. The average molecular weight is 296 g/mol. The Labute approximate surface area is 127 Å². The standard InChI is InChI=1S/C17H26ClNO/c1-4-8-19-17(15-7-9-20-13(15)3)11-14-6-5-12(2)10-16(14)18/h5-6,10,13,15,17,19H,4,7-9,11H2,1-3H3. The molecule has 0 bridgehead atoms. The number of ether oxygens (including phenoxy) is 1. The molecule has 0 radical (unpaired) electrons. The van der Waals surface area contributed by atoms with Crippen LogP contribution in [0.1, 0.15) is 37.8 Å². The highest BCUT2D eigenvalue weighted by Gasteiger charge is 2.31. The van der Waals surface area contributed by atoms with Crippen molar-refractivity contribution in [2.45, 2.75) is 52.2 Å². The molecule has 1 aliphatic heterocycles. The number of halogens is 1. The molecule has 20 heavy (non-hydrogen) atoms. The number of hydrogen-bond donors (Lipinski definition) is 1. The molecule has 2 nitrogen and oxygen atoms in total. The summed E-state index contributed by atoms with van der Waals surface area (Å²) in [5.74, 6) is 0.582. The fourth-order valence-electron chi connectivity index (χ4n) is 3.04. The minimum absolute atomic E-state index is 0.341. The van der Waals surface area contributed by atoms with Gasteiger partial charge in [-0.15, -0.1) is 0 Å². The molecule has 3 atom stereocenters. The van der Waals surface area contributed by atoms with Gasteiger partial charge in [-0.25, -0.2) is 0 Å². The van der Waals surface area contributed by atoms with Crippen molar-refractivity contribution < 1.29 is 4.74 Å². The molecule has 0 aromatic heterocycles. The van der Waals surface area contributed by atoms with Crippen LogP contribution >= 0.6 is 11.6 Å². The van der Waals surface area contributed by atoms with Gasteiger partial charge in [-0.3, -0.25) is 0 Å². The maximum Gasteiger partial charge on any atom is 0.0590 e. The van der Waals surface area contributed by atoms with Crippen LogP contribution in [-0.2, 0) is 11.2 Å². The summed E-state index contributed by atoms with van der Waals surface area (Å²) >= 11 is 6.39. The van der Waals surface area contributed by atoms with E-state index in [9.17, 15) is 0 Å². The first-order valence-electron chi connectivity index (χ1n) is 7.71. The van der Waals surface area contributed by atoms with E-state index in [0.717, 1.165) is 37.4 Å². The largest absolute Gasteiger partial charge is 0.378 e. The van der Waals surface area contributed by atoms with Crippen molar-refractivity contribution >= 4 is 11.6 Å². The van der Waals surface area contributed by atoms with Crippen LogP contribution in [0.4, 0.5) is 0 Å². The highest BCUT2D eigenvalue weighted by molar-refractivity contribution is 6.31. The fraction of sp³-hybridized carbons (Fsp3) is 0.647. The number of rotatable bonds is 6. The molecular weight excluding hydrogens is 270 g/mol. The Bertz CT molecular complexity index is 435. The van der Waals surface area contributed by atoms with E-state index >= 15 is 0 Å². The second kappa shape index (κ2) is 7.44. The van der Waals surface area contributed by atoms with Gasteiger partial charge in [0.05, 0.1) is 6.10 Å². The van der Waals surface area contributed by atoms with Crippen molar-refractivity contribution in [2.24, 2.45) is 5.92 Å². The van der Waals surface area contributed by atoms with Crippen molar-refractivity contribution in [1.82, 2.24) is 5.32 Å². The first-order valence-corrected chi connectivity index (χ1v) is 8.09. The topological polar surface area (TPSA) is 21.3 Å². The molecule has 1 N–H and O–H groups in total. The zero-order chi connectivity index (χ0) is 14.5. The van der Waals surface area contributed by atoms with Gasteiger partial charge in [-0.1, -0.05) is 30.7 Å². The van der Waals surface area contributed by atoms with Crippen molar-refractivity contribution in [2.75, 3.05) is 13.2 Å². The minimum Gasteiger partial charge on any atom is -0.378 e. The van der Waals surface area contributed by atoms with E-state index in [4.69, 9.17) is 16.3 Å². The molecule has 1 fully saturated rings. The lowest BCUT2D eigenvalue weighted by Gasteiger charge is -2.27. The molecule has 3 heteroatoms. The van der Waals surface area contributed by atoms with Gasteiger partial charge in [-0.05, 0) is 56.8 Å². The third kappa shape index (κ3) is 3.97. The Morgan fingerprint density at radius 3 is 2.85 bits per heavy atom. The summed E-state index contributed by atoms with van der Waals surface area (Å²) in [7, 11) is 0. The lowest BCUT2D eigenvalue weighted by Crippen LogP contribution is -2.41. The van der Waals surface area contributed by atoms with E-state index in [1.54, 1.807) is 0 Å². The molecule has 3 unspecified atom stereocenters. The lowest BCUT2D eigenvalue weighted by atomic mass is 9.88. The monoisotopic (exact) mass is 295 g/mol. The van der Waals surface area contributed by atoms with Gasteiger partial charge in [0.15, 0.2) is 0 Å². The highest BCUT2D eigenvalue weighted by atomic mass is 35.5. The summed E-state index contributed by atoms with van der Waals surface area (Å²) in [6.07, 6.45) is 3.62. The minimum atomic E-state index is 0.341. The van der Waals surface area contributed by atoms with Crippen LogP contribution in [0.5, 0.6) is 0 Å². The third-order valence-electron chi connectivity index (χ3n) is 4.26. The van der Waals surface area contributed by atoms with Gasteiger partial charge >= 0.3 is 0 Å². The summed E-state index contributed by atoms with van der Waals surface area (Å²) in [5.41, 5.74) is 2.46. The molecule has 0 amide bonds. The Hall–Kier alpha value is -0.570. The summed E-state index contributed by atoms with van der Waals surface area (Å²) in [5, 5.41) is 4.58. The molecule has 1 aromatic rings. The molecule has 112 valence electrons. The summed E-state index contributed by atoms with van der Waals surface area (Å²) in [6, 6.07) is 6.82. The Balaban J connectivity index is 2.10. The molecular formula is C17H26ClNO. The number of aryl methyl sites for hydroxylation is 1. The number of benzene rings is 1. The average Bonchev–Trinajstić information content (AvgIpc) is 2.83. The first-order chi connectivity index (χ1) is 9.61. The molecule has 1 saturated heterocycles. The predicted octanol–water partition coefficient (Wildman–Crippen LogP) is 3.98. The van der Waals surface area contributed by atoms with Crippen molar-refractivity contribution in [3.63, 3.8) is 0 Å². The number of hydrogen-bond acceptors (Lipinski definition) is 2. The SMILES string of the molecule is CCCNC(Cc1ccc(C)cc1Cl)C1CCOC1C. The Morgan fingerprint density at radius 2 is 2.25 bits per heavy atom. The molecule has 1 aromatic carbocycles. The summed E-state index contributed by atoms with van der Waals surface area (Å²) in [6.45, 7) is 8.41. The van der Waals surface area contributed by atoms with Gasteiger partial charge < -0.3 is 10.1 Å². The van der Waals surface area contributed by atoms with Gasteiger partial charge in [-0.2, -0.15) is 0 Å². The Morgan fingerprint density at radius 1 is 1.45 bits per heavy atom. The molecule has 1 aliphatic rings. The van der Waals surface area contributed by atoms with Gasteiger partial charge in [0.25, 0.3) is 0 Å². The molecule has 2 rings (SSSR count). The second-order valence-electron chi connectivity index (χ2n) is 5.89. The normalized spacial score (nSPS) is 24.0. The van der Waals surface area contributed by atoms with E-state index in [1.807, 2.05) is 0 Å². The van der Waals surface area contributed by atoms with Crippen LogP contribution in [0.2, 0.25) is 5.02 Å². The van der Waals surface area contributed by atoms with Crippen LogP contribution in [0.25, 0.3) is 0 Å². The van der Waals surface area contributed by atoms with Crippen LogP contribution in [0.3, 0.4) is 0 Å². The fourth-order valence-corrected chi connectivity index (χ4v) is 3.35. The third-order valence-corrected chi connectivity index (χ3v) is 4.61. The highest BCUT2D eigenvalue weighted by Crippen LogP contribution is 2.28. The van der Waals surface area contributed by atoms with Crippen molar-refractivity contribution in [3.8, 4) is 0 Å². The smallest absolute Gasteiger partial charge is 0.0590 e. The van der Waals surface area contributed by atoms with E-state index < -0.39 is 0 Å². The number of nitrogens with one attached hydrogen (secondary N) is 1. The van der Waals surface area contributed by atoms with Gasteiger partial charge in [0.2, 0.25) is 0 Å². The lowest BCUT2D eigenvalue weighted by molar-refractivity contribution is 0.0954. The zero-order valence-electron chi connectivity index (χ0n) is 12.8. The van der Waals surface area contributed by atoms with Crippen molar-refractivity contribution in [3.05, 3.63) is 34.3 Å².